The maximum absolute atomic E-state index is 12.5. The lowest BCUT2D eigenvalue weighted by molar-refractivity contribution is -0.384. The van der Waals surface area contributed by atoms with Gasteiger partial charge in [-0.2, -0.15) is 0 Å². The highest BCUT2D eigenvalue weighted by molar-refractivity contribution is 7.89. The molecule has 162 valence electrons. The first kappa shape index (κ1) is 23.9. The van der Waals surface area contributed by atoms with E-state index in [0.717, 1.165) is 17.7 Å². The summed E-state index contributed by atoms with van der Waals surface area (Å²) >= 11 is 12.1. The van der Waals surface area contributed by atoms with Crippen LogP contribution in [0.4, 0.5) is 11.4 Å². The van der Waals surface area contributed by atoms with E-state index < -0.39 is 20.6 Å². The molecule has 0 radical (unpaired) electrons. The second-order valence-electron chi connectivity index (χ2n) is 6.50. The van der Waals surface area contributed by atoms with E-state index in [9.17, 15) is 23.3 Å². The first-order chi connectivity index (χ1) is 13.9. The Hall–Kier alpha value is -2.40. The Morgan fingerprint density at radius 1 is 1.27 bits per heavy atom. The van der Waals surface area contributed by atoms with Crippen LogP contribution in [0, 0.1) is 10.1 Å². The normalized spacial score (nSPS) is 12.3. The minimum absolute atomic E-state index is 0.0418. The molecule has 2 rings (SSSR count). The average molecular weight is 475 g/mol. The Morgan fingerprint density at radius 2 is 1.93 bits per heavy atom. The van der Waals surface area contributed by atoms with Crippen molar-refractivity contribution in [2.24, 2.45) is 5.14 Å². The number of amides is 1. The highest BCUT2D eigenvalue weighted by Crippen LogP contribution is 2.30. The van der Waals surface area contributed by atoms with Crippen molar-refractivity contribution < 1.29 is 18.1 Å². The van der Waals surface area contributed by atoms with Gasteiger partial charge in [-0.25, -0.2) is 13.6 Å². The molecule has 1 unspecified atom stereocenters. The number of nitrogens with two attached hydrogens (primary N) is 1. The number of nitro groups is 1. The fourth-order valence-corrected chi connectivity index (χ4v) is 3.83. The van der Waals surface area contributed by atoms with Crippen LogP contribution in [0.15, 0.2) is 41.3 Å². The van der Waals surface area contributed by atoms with Gasteiger partial charge in [0.2, 0.25) is 15.9 Å². The summed E-state index contributed by atoms with van der Waals surface area (Å²) in [5.74, 6) is -0.218. The first-order valence-electron chi connectivity index (χ1n) is 8.67. The van der Waals surface area contributed by atoms with Crippen LogP contribution in [-0.2, 0) is 14.8 Å². The largest absolute Gasteiger partial charge is 0.379 e. The molecule has 0 fully saturated rings. The van der Waals surface area contributed by atoms with Gasteiger partial charge in [0.05, 0.1) is 15.9 Å². The van der Waals surface area contributed by atoms with E-state index in [4.69, 9.17) is 28.3 Å². The van der Waals surface area contributed by atoms with Gasteiger partial charge in [-0.15, -0.1) is 0 Å². The van der Waals surface area contributed by atoms with Crippen LogP contribution in [0.2, 0.25) is 10.0 Å². The SMILES string of the molecule is CC(c1ccc(Cl)cc1Cl)N(C)C(=O)CCNc1ccc(S(N)(=O)=O)cc1[N+](=O)[O-]. The predicted molar refractivity (Wildman–Crippen MR) is 115 cm³/mol. The molecule has 1 atom stereocenters. The maximum atomic E-state index is 12.5. The van der Waals surface area contributed by atoms with Crippen LogP contribution < -0.4 is 10.5 Å². The third kappa shape index (κ3) is 5.82. The molecule has 0 saturated carbocycles. The average Bonchev–Trinajstić information content (AvgIpc) is 2.66. The molecule has 0 aliphatic carbocycles. The number of anilines is 1. The lowest BCUT2D eigenvalue weighted by Crippen LogP contribution is -2.31. The minimum atomic E-state index is -4.08. The molecule has 3 N–H and O–H groups in total. The van der Waals surface area contributed by atoms with E-state index in [2.05, 4.69) is 5.32 Å². The van der Waals surface area contributed by atoms with Gasteiger partial charge in [0.1, 0.15) is 5.69 Å². The van der Waals surface area contributed by atoms with Crippen molar-refractivity contribution in [2.45, 2.75) is 24.3 Å². The molecule has 0 saturated heterocycles. The molecule has 12 heteroatoms. The molecule has 2 aromatic carbocycles. The second kappa shape index (κ2) is 9.61. The van der Waals surface area contributed by atoms with Gasteiger partial charge in [0.15, 0.2) is 0 Å². The summed E-state index contributed by atoms with van der Waals surface area (Å²) < 4.78 is 22.8. The van der Waals surface area contributed by atoms with Crippen LogP contribution in [0.3, 0.4) is 0 Å². The fourth-order valence-electron chi connectivity index (χ4n) is 2.73. The van der Waals surface area contributed by atoms with Crippen LogP contribution in [0.25, 0.3) is 0 Å². The van der Waals surface area contributed by atoms with Gasteiger partial charge in [0.25, 0.3) is 5.69 Å². The van der Waals surface area contributed by atoms with Gasteiger partial charge >= 0.3 is 0 Å². The lowest BCUT2D eigenvalue weighted by atomic mass is 10.1. The van der Waals surface area contributed by atoms with Crippen LogP contribution >= 0.6 is 23.2 Å². The second-order valence-corrected chi connectivity index (χ2v) is 8.91. The van der Waals surface area contributed by atoms with E-state index in [0.29, 0.717) is 10.0 Å². The van der Waals surface area contributed by atoms with Crippen molar-refractivity contribution in [3.63, 3.8) is 0 Å². The zero-order valence-electron chi connectivity index (χ0n) is 16.1. The first-order valence-corrected chi connectivity index (χ1v) is 11.0. The van der Waals surface area contributed by atoms with Crippen LogP contribution in [0.5, 0.6) is 0 Å². The van der Waals surface area contributed by atoms with Gasteiger partial charge in [0, 0.05) is 36.1 Å². The third-order valence-electron chi connectivity index (χ3n) is 4.54. The Morgan fingerprint density at radius 3 is 2.50 bits per heavy atom. The van der Waals surface area contributed by atoms with Gasteiger partial charge < -0.3 is 10.2 Å². The topological polar surface area (TPSA) is 136 Å². The number of primary sulfonamides is 1. The molecule has 0 aromatic heterocycles. The number of carbonyl (C=O) groups is 1. The van der Waals surface area contributed by atoms with Gasteiger partial charge in [-0.3, -0.25) is 14.9 Å². The number of carbonyl (C=O) groups excluding carboxylic acids is 1. The van der Waals surface area contributed by atoms with E-state index in [1.807, 2.05) is 6.92 Å². The summed E-state index contributed by atoms with van der Waals surface area (Å²) in [6.45, 7) is 1.91. The van der Waals surface area contributed by atoms with Crippen LogP contribution in [-0.4, -0.2) is 37.7 Å². The Kier molecular flexibility index (Phi) is 7.64. The smallest absolute Gasteiger partial charge is 0.293 e. The molecule has 9 nitrogen and oxygen atoms in total. The van der Waals surface area contributed by atoms with E-state index in [1.165, 1.54) is 11.0 Å². The molecule has 30 heavy (non-hydrogen) atoms. The summed E-state index contributed by atoms with van der Waals surface area (Å²) in [7, 11) is -2.45. The third-order valence-corrected chi connectivity index (χ3v) is 6.01. The molecule has 0 spiro atoms. The molecule has 0 aliphatic rings. The van der Waals surface area contributed by atoms with Crippen molar-refractivity contribution >= 4 is 50.5 Å². The number of nitrogens with zero attached hydrogens (tertiary/aromatic N) is 2. The number of hydrogen-bond acceptors (Lipinski definition) is 6. The highest BCUT2D eigenvalue weighted by atomic mass is 35.5. The lowest BCUT2D eigenvalue weighted by Gasteiger charge is -2.26. The van der Waals surface area contributed by atoms with Gasteiger partial charge in [-0.05, 0) is 36.8 Å². The number of benzene rings is 2. The number of nitro benzene ring substituents is 1. The molecular weight excluding hydrogens is 455 g/mol. The van der Waals surface area contributed by atoms with Gasteiger partial charge in [-0.1, -0.05) is 29.3 Å². The quantitative estimate of drug-likeness (QED) is 0.443. The Labute approximate surface area is 184 Å². The zero-order valence-corrected chi connectivity index (χ0v) is 18.5. The van der Waals surface area contributed by atoms with E-state index in [-0.39, 0.29) is 35.5 Å². The standard InChI is InChI=1S/C18H20Cl2N4O5S/c1-11(14-5-3-12(19)9-15(14)20)23(2)18(25)7-8-22-16-6-4-13(30(21,28)29)10-17(16)24(26)27/h3-6,9-11,22H,7-8H2,1-2H3,(H2,21,28,29). The number of hydrogen-bond donors (Lipinski definition) is 2. The number of sulfonamides is 1. The summed E-state index contributed by atoms with van der Waals surface area (Å²) in [5.41, 5.74) is 0.361. The summed E-state index contributed by atoms with van der Waals surface area (Å²) in [6.07, 6.45) is 0.0418. The van der Waals surface area contributed by atoms with Crippen molar-refractivity contribution in [3.05, 3.63) is 62.1 Å². The molecule has 0 aliphatic heterocycles. The van der Waals surface area contributed by atoms with Crippen LogP contribution in [0.1, 0.15) is 24.9 Å². The van der Waals surface area contributed by atoms with Crippen molar-refractivity contribution in [2.75, 3.05) is 18.9 Å². The Bertz CT molecular complexity index is 1080. The monoisotopic (exact) mass is 474 g/mol. The van der Waals surface area contributed by atoms with E-state index >= 15 is 0 Å². The van der Waals surface area contributed by atoms with E-state index in [1.54, 1.807) is 25.2 Å². The molecule has 0 bridgehead atoms. The molecule has 0 heterocycles. The minimum Gasteiger partial charge on any atom is -0.379 e. The van der Waals surface area contributed by atoms with Crippen molar-refractivity contribution in [1.29, 1.82) is 0 Å². The number of rotatable bonds is 8. The number of halogens is 2. The number of nitrogens with one attached hydrogen (secondary N) is 1. The van der Waals surface area contributed by atoms with Crippen molar-refractivity contribution in [1.82, 2.24) is 4.90 Å². The maximum Gasteiger partial charge on any atom is 0.293 e. The molecule has 1 amide bonds. The van der Waals surface area contributed by atoms with Crippen molar-refractivity contribution in [3.8, 4) is 0 Å². The summed E-state index contributed by atoms with van der Waals surface area (Å²) in [4.78, 5) is 24.2. The predicted octanol–water partition coefficient (Wildman–Crippen LogP) is 3.57. The highest BCUT2D eigenvalue weighted by Gasteiger charge is 2.21. The summed E-state index contributed by atoms with van der Waals surface area (Å²) in [5, 5.41) is 20.0. The fraction of sp³-hybridized carbons (Fsp3) is 0.278. The summed E-state index contributed by atoms with van der Waals surface area (Å²) in [6, 6.07) is 7.98. The zero-order chi connectivity index (χ0) is 22.6. The Balaban J connectivity index is 2.05. The molecular formula is C18H20Cl2N4O5S. The molecule has 2 aromatic rings.